The molecule has 0 aliphatic rings. The third kappa shape index (κ3) is 2.25. The van der Waals surface area contributed by atoms with Gasteiger partial charge < -0.3 is 5.32 Å². The van der Waals surface area contributed by atoms with E-state index in [1.807, 2.05) is 16.9 Å². The Morgan fingerprint density at radius 1 is 1.53 bits per heavy atom. The summed E-state index contributed by atoms with van der Waals surface area (Å²) in [4.78, 5) is 0. The molecular formula is C11H14IN3. The van der Waals surface area contributed by atoms with Crippen molar-refractivity contribution in [3.05, 3.63) is 30.1 Å². The summed E-state index contributed by atoms with van der Waals surface area (Å²) in [7, 11) is 0. The van der Waals surface area contributed by atoms with Gasteiger partial charge in [0.05, 0.1) is 17.4 Å². The van der Waals surface area contributed by atoms with Crippen molar-refractivity contribution >= 4 is 33.8 Å². The molecule has 2 aromatic heterocycles. The first-order chi connectivity index (χ1) is 7.35. The van der Waals surface area contributed by atoms with E-state index in [9.17, 15) is 0 Å². The summed E-state index contributed by atoms with van der Waals surface area (Å²) in [6.45, 7) is 3.17. The molecule has 0 saturated carbocycles. The molecule has 0 fully saturated rings. The van der Waals surface area contributed by atoms with E-state index in [0.29, 0.717) is 0 Å². The highest BCUT2D eigenvalue weighted by molar-refractivity contribution is 14.1. The van der Waals surface area contributed by atoms with Gasteiger partial charge in [-0.2, -0.15) is 5.10 Å². The zero-order chi connectivity index (χ0) is 10.7. The second-order valence-electron chi connectivity index (χ2n) is 3.38. The zero-order valence-electron chi connectivity index (χ0n) is 8.70. The second kappa shape index (κ2) is 4.83. The van der Waals surface area contributed by atoms with Crippen molar-refractivity contribution in [3.63, 3.8) is 0 Å². The Bertz CT molecular complexity index is 450. The average molecular weight is 315 g/mol. The topological polar surface area (TPSA) is 29.3 Å². The monoisotopic (exact) mass is 315 g/mol. The number of nitrogens with zero attached hydrogens (tertiary/aromatic N) is 2. The van der Waals surface area contributed by atoms with E-state index in [-0.39, 0.29) is 0 Å². The molecule has 0 bridgehead atoms. The van der Waals surface area contributed by atoms with Gasteiger partial charge in [0.15, 0.2) is 0 Å². The Morgan fingerprint density at radius 2 is 2.40 bits per heavy atom. The molecule has 0 unspecified atom stereocenters. The van der Waals surface area contributed by atoms with Crippen LogP contribution in [-0.2, 0) is 6.42 Å². The van der Waals surface area contributed by atoms with Crippen LogP contribution in [0.5, 0.6) is 0 Å². The lowest BCUT2D eigenvalue weighted by Crippen LogP contribution is -2.00. The van der Waals surface area contributed by atoms with Gasteiger partial charge in [0.1, 0.15) is 0 Å². The van der Waals surface area contributed by atoms with Crippen LogP contribution in [0, 0.1) is 0 Å². The molecule has 0 saturated heterocycles. The van der Waals surface area contributed by atoms with Crippen molar-refractivity contribution in [1.29, 1.82) is 0 Å². The lowest BCUT2D eigenvalue weighted by atomic mass is 10.2. The fraction of sp³-hybridized carbons (Fsp3) is 0.364. The van der Waals surface area contributed by atoms with Gasteiger partial charge in [0.25, 0.3) is 0 Å². The van der Waals surface area contributed by atoms with Crippen LogP contribution in [0.3, 0.4) is 0 Å². The van der Waals surface area contributed by atoms with Crippen LogP contribution in [0.4, 0.5) is 5.69 Å². The first-order valence-corrected chi connectivity index (χ1v) is 6.64. The van der Waals surface area contributed by atoms with Crippen molar-refractivity contribution in [3.8, 4) is 0 Å². The number of rotatable bonds is 4. The number of halogens is 1. The van der Waals surface area contributed by atoms with Crippen molar-refractivity contribution < 1.29 is 0 Å². The molecule has 0 spiro atoms. The average Bonchev–Trinajstić information content (AvgIpc) is 2.68. The summed E-state index contributed by atoms with van der Waals surface area (Å²) in [5.41, 5.74) is 3.70. The van der Waals surface area contributed by atoms with E-state index in [1.54, 1.807) is 0 Å². The van der Waals surface area contributed by atoms with E-state index in [1.165, 1.54) is 11.1 Å². The van der Waals surface area contributed by atoms with E-state index in [2.05, 4.69) is 52.1 Å². The minimum absolute atomic E-state index is 0.999. The Hall–Kier alpha value is -0.780. The number of hydrogen-bond acceptors (Lipinski definition) is 2. The summed E-state index contributed by atoms with van der Waals surface area (Å²) < 4.78 is 3.05. The van der Waals surface area contributed by atoms with Crippen LogP contribution in [0.2, 0.25) is 0 Å². The van der Waals surface area contributed by atoms with E-state index < -0.39 is 0 Å². The van der Waals surface area contributed by atoms with Gasteiger partial charge in [0.2, 0.25) is 0 Å². The predicted octanol–water partition coefficient (Wildman–Crippen LogP) is 2.74. The molecule has 80 valence electrons. The molecule has 0 aliphatic heterocycles. The Labute approximate surface area is 103 Å². The molecule has 0 aromatic carbocycles. The number of aromatic nitrogens is 2. The minimum atomic E-state index is 0.999. The smallest absolute Gasteiger partial charge is 0.0699 e. The van der Waals surface area contributed by atoms with Crippen molar-refractivity contribution in [1.82, 2.24) is 9.61 Å². The summed E-state index contributed by atoms with van der Waals surface area (Å²) in [6.07, 6.45) is 4.94. The Morgan fingerprint density at radius 3 is 3.13 bits per heavy atom. The molecule has 0 atom stereocenters. The highest BCUT2D eigenvalue weighted by atomic mass is 127. The summed E-state index contributed by atoms with van der Waals surface area (Å²) in [5, 5.41) is 7.66. The van der Waals surface area contributed by atoms with Crippen LogP contribution in [0.15, 0.2) is 24.5 Å². The SMILES string of the molecule is CCc1ccnn2cc(NCCI)cc12. The lowest BCUT2D eigenvalue weighted by molar-refractivity contribution is 0.922. The van der Waals surface area contributed by atoms with Crippen LogP contribution in [0.1, 0.15) is 12.5 Å². The molecule has 0 amide bonds. The fourth-order valence-corrected chi connectivity index (χ4v) is 1.92. The number of hydrogen-bond donors (Lipinski definition) is 1. The molecular weight excluding hydrogens is 301 g/mol. The fourth-order valence-electron chi connectivity index (χ4n) is 1.66. The molecule has 1 N–H and O–H groups in total. The standard InChI is InChI=1S/C11H14IN3/c1-2-9-3-5-14-15-8-10(7-11(9)15)13-6-4-12/h3,5,7-8,13H,2,4,6H2,1H3. The summed E-state index contributed by atoms with van der Waals surface area (Å²) in [5.74, 6) is 0. The van der Waals surface area contributed by atoms with Gasteiger partial charge >= 0.3 is 0 Å². The molecule has 0 radical (unpaired) electrons. The molecule has 2 heterocycles. The van der Waals surface area contributed by atoms with E-state index in [0.717, 1.165) is 23.1 Å². The maximum atomic E-state index is 4.29. The van der Waals surface area contributed by atoms with Crippen LogP contribution < -0.4 is 5.32 Å². The van der Waals surface area contributed by atoms with E-state index >= 15 is 0 Å². The van der Waals surface area contributed by atoms with Gasteiger partial charge in [-0.05, 0) is 24.1 Å². The molecule has 2 aromatic rings. The third-order valence-electron chi connectivity index (χ3n) is 2.40. The molecule has 2 rings (SSSR count). The van der Waals surface area contributed by atoms with Crippen molar-refractivity contribution in [2.75, 3.05) is 16.3 Å². The molecule has 4 heteroatoms. The van der Waals surface area contributed by atoms with Crippen LogP contribution >= 0.6 is 22.6 Å². The highest BCUT2D eigenvalue weighted by Crippen LogP contribution is 2.17. The largest absolute Gasteiger partial charge is 0.383 e. The van der Waals surface area contributed by atoms with Crippen molar-refractivity contribution in [2.24, 2.45) is 0 Å². The third-order valence-corrected chi connectivity index (χ3v) is 2.94. The number of fused-ring (bicyclic) bond motifs is 1. The van der Waals surface area contributed by atoms with Gasteiger partial charge in [-0.25, -0.2) is 4.52 Å². The Kier molecular flexibility index (Phi) is 3.45. The number of nitrogens with one attached hydrogen (secondary N) is 1. The quantitative estimate of drug-likeness (QED) is 0.694. The minimum Gasteiger partial charge on any atom is -0.383 e. The van der Waals surface area contributed by atoms with Gasteiger partial charge in [-0.15, -0.1) is 0 Å². The van der Waals surface area contributed by atoms with Crippen LogP contribution in [0.25, 0.3) is 5.52 Å². The zero-order valence-corrected chi connectivity index (χ0v) is 10.9. The van der Waals surface area contributed by atoms with Crippen LogP contribution in [-0.4, -0.2) is 20.6 Å². The molecule has 15 heavy (non-hydrogen) atoms. The predicted molar refractivity (Wildman–Crippen MR) is 71.9 cm³/mol. The normalized spacial score (nSPS) is 10.8. The van der Waals surface area contributed by atoms with Gasteiger partial charge in [-0.1, -0.05) is 29.5 Å². The first-order valence-electron chi connectivity index (χ1n) is 5.11. The summed E-state index contributed by atoms with van der Waals surface area (Å²) >= 11 is 2.36. The van der Waals surface area contributed by atoms with E-state index in [4.69, 9.17) is 0 Å². The Balaban J connectivity index is 2.37. The number of aryl methyl sites for hydroxylation is 1. The number of alkyl halides is 1. The number of anilines is 1. The maximum Gasteiger partial charge on any atom is 0.0699 e. The second-order valence-corrected chi connectivity index (χ2v) is 4.46. The van der Waals surface area contributed by atoms with Crippen molar-refractivity contribution in [2.45, 2.75) is 13.3 Å². The lowest BCUT2D eigenvalue weighted by Gasteiger charge is -1.98. The molecule has 3 nitrogen and oxygen atoms in total. The molecule has 0 aliphatic carbocycles. The van der Waals surface area contributed by atoms with Gasteiger partial charge in [0, 0.05) is 17.2 Å². The van der Waals surface area contributed by atoms with Gasteiger partial charge in [-0.3, -0.25) is 0 Å². The summed E-state index contributed by atoms with van der Waals surface area (Å²) in [6, 6.07) is 4.25. The maximum absolute atomic E-state index is 4.29. The first kappa shape index (κ1) is 10.7. The highest BCUT2D eigenvalue weighted by Gasteiger charge is 2.03.